The summed E-state index contributed by atoms with van der Waals surface area (Å²) in [6.07, 6.45) is 0.759. The summed E-state index contributed by atoms with van der Waals surface area (Å²) in [4.78, 5) is 13.8. The standard InChI is InChI=1S/C17H29N3O3/c1-12-13(2)18-20(14(12)3)11-17(22)7-9-19(10-8-17)15(21)23-16(4,5)6/h22H,7-11H2,1-6H3. The number of amides is 1. The molecule has 1 N–H and O–H groups in total. The molecule has 6 nitrogen and oxygen atoms in total. The number of carbonyl (C=O) groups excluding carboxylic acids is 1. The summed E-state index contributed by atoms with van der Waals surface area (Å²) < 4.78 is 7.27. The van der Waals surface area contributed by atoms with Crippen LogP contribution in [0.2, 0.25) is 0 Å². The Kier molecular flexibility index (Phi) is 4.76. The van der Waals surface area contributed by atoms with Gasteiger partial charge in [0.15, 0.2) is 0 Å². The van der Waals surface area contributed by atoms with Gasteiger partial charge in [-0.15, -0.1) is 0 Å². The zero-order valence-corrected chi connectivity index (χ0v) is 15.1. The average molecular weight is 323 g/mol. The van der Waals surface area contributed by atoms with E-state index >= 15 is 0 Å². The van der Waals surface area contributed by atoms with Crippen molar-refractivity contribution in [3.05, 3.63) is 17.0 Å². The van der Waals surface area contributed by atoms with E-state index in [9.17, 15) is 9.90 Å². The minimum atomic E-state index is -0.825. The minimum absolute atomic E-state index is 0.304. The quantitative estimate of drug-likeness (QED) is 0.908. The number of piperidine rings is 1. The molecule has 0 unspecified atom stereocenters. The highest BCUT2D eigenvalue weighted by molar-refractivity contribution is 5.68. The molecule has 2 rings (SSSR count). The molecule has 1 amide bonds. The van der Waals surface area contributed by atoms with Crippen LogP contribution in [-0.2, 0) is 11.3 Å². The van der Waals surface area contributed by atoms with Crippen molar-refractivity contribution in [1.82, 2.24) is 14.7 Å². The molecule has 0 saturated carbocycles. The largest absolute Gasteiger partial charge is 0.444 e. The molecule has 0 aromatic carbocycles. The summed E-state index contributed by atoms with van der Waals surface area (Å²) in [6.45, 7) is 13.1. The maximum Gasteiger partial charge on any atom is 0.410 e. The first kappa shape index (κ1) is 17.8. The number of likely N-dealkylation sites (tertiary alicyclic amines) is 1. The molecule has 1 saturated heterocycles. The molecule has 0 radical (unpaired) electrons. The predicted molar refractivity (Wildman–Crippen MR) is 88.4 cm³/mol. The fraction of sp³-hybridized carbons (Fsp3) is 0.765. The molecule has 1 aromatic rings. The molecule has 0 atom stereocenters. The third kappa shape index (κ3) is 4.25. The SMILES string of the molecule is Cc1nn(CC2(O)CCN(C(=O)OC(C)(C)C)CC2)c(C)c1C. The van der Waals surface area contributed by atoms with Gasteiger partial charge >= 0.3 is 6.09 Å². The maximum atomic E-state index is 12.1. The molecule has 130 valence electrons. The first-order valence-corrected chi connectivity index (χ1v) is 8.22. The Hall–Kier alpha value is -1.56. The van der Waals surface area contributed by atoms with E-state index in [2.05, 4.69) is 5.10 Å². The zero-order valence-electron chi connectivity index (χ0n) is 15.1. The van der Waals surface area contributed by atoms with E-state index in [-0.39, 0.29) is 6.09 Å². The second-order valence-electron chi connectivity index (χ2n) is 7.65. The fourth-order valence-corrected chi connectivity index (χ4v) is 2.81. The molecular weight excluding hydrogens is 294 g/mol. The molecule has 1 aromatic heterocycles. The fourth-order valence-electron chi connectivity index (χ4n) is 2.81. The molecule has 23 heavy (non-hydrogen) atoms. The van der Waals surface area contributed by atoms with Crippen LogP contribution in [0, 0.1) is 20.8 Å². The number of hydrogen-bond acceptors (Lipinski definition) is 4. The van der Waals surface area contributed by atoms with Crippen LogP contribution in [0.3, 0.4) is 0 Å². The van der Waals surface area contributed by atoms with E-state index < -0.39 is 11.2 Å². The lowest BCUT2D eigenvalue weighted by Gasteiger charge is -2.38. The topological polar surface area (TPSA) is 67.6 Å². The van der Waals surface area contributed by atoms with Gasteiger partial charge in [0.05, 0.1) is 17.8 Å². The van der Waals surface area contributed by atoms with Crippen LogP contribution in [0.1, 0.15) is 50.6 Å². The average Bonchev–Trinajstić information content (AvgIpc) is 2.64. The molecule has 0 bridgehead atoms. The summed E-state index contributed by atoms with van der Waals surface area (Å²) >= 11 is 0. The molecule has 6 heteroatoms. The number of ether oxygens (including phenoxy) is 1. The number of aliphatic hydroxyl groups is 1. The Bertz CT molecular complexity index is 579. The lowest BCUT2D eigenvalue weighted by molar-refractivity contribution is -0.0435. The normalized spacial score (nSPS) is 18.1. The van der Waals surface area contributed by atoms with Crippen LogP contribution >= 0.6 is 0 Å². The first-order valence-electron chi connectivity index (χ1n) is 8.22. The van der Waals surface area contributed by atoms with Crippen LogP contribution in [0.4, 0.5) is 4.79 Å². The van der Waals surface area contributed by atoms with Gasteiger partial charge in [-0.25, -0.2) is 4.79 Å². The Morgan fingerprint density at radius 1 is 1.26 bits per heavy atom. The van der Waals surface area contributed by atoms with Crippen molar-refractivity contribution < 1.29 is 14.6 Å². The Morgan fingerprint density at radius 2 is 1.83 bits per heavy atom. The van der Waals surface area contributed by atoms with Crippen LogP contribution in [-0.4, -0.2) is 50.2 Å². The van der Waals surface area contributed by atoms with E-state index in [0.29, 0.717) is 32.5 Å². The van der Waals surface area contributed by atoms with Gasteiger partial charge in [0.2, 0.25) is 0 Å². The second kappa shape index (κ2) is 6.15. The zero-order chi connectivity index (χ0) is 17.4. The van der Waals surface area contributed by atoms with E-state index in [1.165, 1.54) is 5.56 Å². The number of nitrogens with zero attached hydrogens (tertiary/aromatic N) is 3. The minimum Gasteiger partial charge on any atom is -0.444 e. The summed E-state index contributed by atoms with van der Waals surface area (Å²) in [5.74, 6) is 0. The highest BCUT2D eigenvalue weighted by atomic mass is 16.6. The molecule has 1 aliphatic rings. The Morgan fingerprint density at radius 3 is 2.26 bits per heavy atom. The first-order chi connectivity index (χ1) is 10.5. The maximum absolute atomic E-state index is 12.1. The molecule has 2 heterocycles. The van der Waals surface area contributed by atoms with E-state index in [0.717, 1.165) is 11.4 Å². The monoisotopic (exact) mass is 323 g/mol. The van der Waals surface area contributed by atoms with Crippen molar-refractivity contribution in [3.63, 3.8) is 0 Å². The van der Waals surface area contributed by atoms with Crippen molar-refractivity contribution in [1.29, 1.82) is 0 Å². The van der Waals surface area contributed by atoms with Crippen LogP contribution in [0.15, 0.2) is 0 Å². The smallest absolute Gasteiger partial charge is 0.410 e. The number of carbonyl (C=O) groups is 1. The number of aryl methyl sites for hydroxylation is 1. The van der Waals surface area contributed by atoms with Gasteiger partial charge in [0, 0.05) is 18.8 Å². The molecule has 1 fully saturated rings. The van der Waals surface area contributed by atoms with E-state index in [1.807, 2.05) is 46.2 Å². The van der Waals surface area contributed by atoms with Crippen LogP contribution in [0.25, 0.3) is 0 Å². The van der Waals surface area contributed by atoms with Gasteiger partial charge in [-0.05, 0) is 59.9 Å². The number of hydrogen-bond donors (Lipinski definition) is 1. The van der Waals surface area contributed by atoms with Crippen molar-refractivity contribution in [2.75, 3.05) is 13.1 Å². The van der Waals surface area contributed by atoms with Crippen molar-refractivity contribution in [2.45, 2.75) is 72.1 Å². The Balaban J connectivity index is 1.97. The summed E-state index contributed by atoms with van der Waals surface area (Å²) in [5.41, 5.74) is 1.93. The lowest BCUT2D eigenvalue weighted by Crippen LogP contribution is -2.50. The summed E-state index contributed by atoms with van der Waals surface area (Å²) in [7, 11) is 0. The molecular formula is C17H29N3O3. The number of aromatic nitrogens is 2. The highest BCUT2D eigenvalue weighted by Gasteiger charge is 2.36. The van der Waals surface area contributed by atoms with Crippen LogP contribution < -0.4 is 0 Å². The second-order valence-corrected chi connectivity index (χ2v) is 7.65. The van der Waals surface area contributed by atoms with Gasteiger partial charge in [-0.1, -0.05) is 0 Å². The van der Waals surface area contributed by atoms with Gasteiger partial charge in [0.1, 0.15) is 5.60 Å². The van der Waals surface area contributed by atoms with Gasteiger partial charge < -0.3 is 14.7 Å². The van der Waals surface area contributed by atoms with Crippen LogP contribution in [0.5, 0.6) is 0 Å². The molecule has 0 spiro atoms. The van der Waals surface area contributed by atoms with Crippen molar-refractivity contribution >= 4 is 6.09 Å². The van der Waals surface area contributed by atoms with Gasteiger partial charge in [-0.3, -0.25) is 4.68 Å². The van der Waals surface area contributed by atoms with Gasteiger partial charge in [-0.2, -0.15) is 5.10 Å². The highest BCUT2D eigenvalue weighted by Crippen LogP contribution is 2.26. The lowest BCUT2D eigenvalue weighted by atomic mass is 9.91. The summed E-state index contributed by atoms with van der Waals surface area (Å²) in [5, 5.41) is 15.3. The predicted octanol–water partition coefficient (Wildman–Crippen LogP) is 2.57. The third-order valence-corrected chi connectivity index (χ3v) is 4.53. The molecule has 0 aliphatic carbocycles. The third-order valence-electron chi connectivity index (χ3n) is 4.53. The summed E-state index contributed by atoms with van der Waals surface area (Å²) in [6, 6.07) is 0. The van der Waals surface area contributed by atoms with Crippen molar-refractivity contribution in [3.8, 4) is 0 Å². The van der Waals surface area contributed by atoms with E-state index in [4.69, 9.17) is 4.74 Å². The van der Waals surface area contributed by atoms with Gasteiger partial charge in [0.25, 0.3) is 0 Å². The molecule has 1 aliphatic heterocycles. The number of rotatable bonds is 2. The van der Waals surface area contributed by atoms with Crippen molar-refractivity contribution in [2.24, 2.45) is 0 Å². The Labute approximate surface area is 138 Å². The van der Waals surface area contributed by atoms with E-state index in [1.54, 1.807) is 4.90 Å².